The molecule has 0 saturated heterocycles. The molecular formula is C28H32FN3O5. The van der Waals surface area contributed by atoms with Crippen LogP contribution in [-0.4, -0.2) is 47.8 Å². The van der Waals surface area contributed by atoms with Gasteiger partial charge in [-0.2, -0.15) is 0 Å². The Morgan fingerprint density at radius 2 is 2.00 bits per heavy atom. The lowest BCUT2D eigenvalue weighted by atomic mass is 9.88. The molecule has 196 valence electrons. The van der Waals surface area contributed by atoms with Gasteiger partial charge >= 0.3 is 6.09 Å². The smallest absolute Gasteiger partial charge is 0.409 e. The number of methoxy groups -OCH3 is 2. The van der Waals surface area contributed by atoms with Gasteiger partial charge in [-0.05, 0) is 49.1 Å². The first-order valence-electron chi connectivity index (χ1n) is 12.8. The molecule has 1 fully saturated rings. The highest BCUT2D eigenvalue weighted by Gasteiger charge is 2.30. The zero-order valence-electron chi connectivity index (χ0n) is 21.2. The van der Waals surface area contributed by atoms with Gasteiger partial charge < -0.3 is 23.7 Å². The minimum absolute atomic E-state index is 0.264. The first-order chi connectivity index (χ1) is 18.0. The van der Waals surface area contributed by atoms with Gasteiger partial charge in [0.15, 0.2) is 0 Å². The summed E-state index contributed by atoms with van der Waals surface area (Å²) in [7, 11) is 2.90. The topological polar surface area (TPSA) is 82.9 Å². The third-order valence-electron chi connectivity index (χ3n) is 7.66. The number of hydrogen-bond donors (Lipinski definition) is 0. The lowest BCUT2D eigenvalue weighted by Crippen LogP contribution is -2.35. The van der Waals surface area contributed by atoms with Crippen molar-refractivity contribution in [2.45, 2.75) is 63.6 Å². The van der Waals surface area contributed by atoms with Gasteiger partial charge in [0.1, 0.15) is 23.5 Å². The predicted molar refractivity (Wildman–Crippen MR) is 135 cm³/mol. The van der Waals surface area contributed by atoms with Crippen LogP contribution in [0.5, 0.6) is 5.75 Å². The summed E-state index contributed by atoms with van der Waals surface area (Å²) in [5.41, 5.74) is 4.39. The number of amides is 1. The molecule has 1 atom stereocenters. The fraction of sp³-hybridized carbons (Fsp3) is 0.464. The molecule has 37 heavy (non-hydrogen) atoms. The van der Waals surface area contributed by atoms with Crippen molar-refractivity contribution in [2.75, 3.05) is 20.8 Å². The molecule has 1 amide bonds. The number of carbonyl (C=O) groups is 2. The third-order valence-corrected chi connectivity index (χ3v) is 7.66. The number of aromatic nitrogens is 2. The second kappa shape index (κ2) is 10.8. The summed E-state index contributed by atoms with van der Waals surface area (Å²) >= 11 is 0. The Hall–Kier alpha value is -3.62. The molecule has 0 unspecified atom stereocenters. The Morgan fingerprint density at radius 3 is 2.73 bits per heavy atom. The summed E-state index contributed by atoms with van der Waals surface area (Å²) in [5.74, 6) is 1.22. The second-order valence-corrected chi connectivity index (χ2v) is 9.74. The van der Waals surface area contributed by atoms with E-state index in [-0.39, 0.29) is 18.6 Å². The standard InChI is InChI=1S/C28H32FN3O5/c1-35-24-11-9-20(29)14-21(24)25(37-17-33)16-32-23-10-8-18-12-13-31(28(34)36-2)15-22(18)26(23)30-27(32)19-6-4-3-5-7-19/h8-11,14,17,19,25H,3-7,12-13,15-16H2,1-2H3/t25-/m1/s1. The molecule has 0 spiro atoms. The van der Waals surface area contributed by atoms with Crippen LogP contribution in [0.25, 0.3) is 11.0 Å². The normalized spacial score (nSPS) is 16.8. The second-order valence-electron chi connectivity index (χ2n) is 9.74. The van der Waals surface area contributed by atoms with Crippen molar-refractivity contribution in [1.29, 1.82) is 0 Å². The van der Waals surface area contributed by atoms with Crippen LogP contribution >= 0.6 is 0 Å². The zero-order valence-corrected chi connectivity index (χ0v) is 21.2. The van der Waals surface area contributed by atoms with Crippen molar-refractivity contribution >= 4 is 23.6 Å². The number of fused-ring (bicyclic) bond motifs is 3. The highest BCUT2D eigenvalue weighted by Crippen LogP contribution is 2.38. The van der Waals surface area contributed by atoms with Crippen LogP contribution in [0, 0.1) is 5.82 Å². The summed E-state index contributed by atoms with van der Waals surface area (Å²) in [5, 5.41) is 0. The monoisotopic (exact) mass is 509 g/mol. The minimum atomic E-state index is -0.773. The zero-order chi connectivity index (χ0) is 25.9. The maximum atomic E-state index is 14.2. The van der Waals surface area contributed by atoms with E-state index in [9.17, 15) is 14.0 Å². The van der Waals surface area contributed by atoms with E-state index in [1.807, 2.05) is 0 Å². The van der Waals surface area contributed by atoms with E-state index in [1.54, 1.807) is 4.90 Å². The van der Waals surface area contributed by atoms with Gasteiger partial charge in [0, 0.05) is 23.6 Å². The van der Waals surface area contributed by atoms with Crippen LogP contribution in [0.1, 0.15) is 66.6 Å². The molecule has 8 nitrogen and oxygen atoms in total. The first kappa shape index (κ1) is 25.0. The van der Waals surface area contributed by atoms with Gasteiger partial charge in [0.25, 0.3) is 6.47 Å². The summed E-state index contributed by atoms with van der Waals surface area (Å²) in [6.45, 7) is 1.67. The lowest BCUT2D eigenvalue weighted by Gasteiger charge is -2.28. The summed E-state index contributed by atoms with van der Waals surface area (Å²) in [6, 6.07) is 8.36. The number of imidazole rings is 1. The number of ether oxygens (including phenoxy) is 3. The molecule has 3 aromatic rings. The van der Waals surface area contributed by atoms with E-state index in [0.717, 1.165) is 54.5 Å². The number of carbonyl (C=O) groups excluding carboxylic acids is 2. The summed E-state index contributed by atoms with van der Waals surface area (Å²) in [4.78, 5) is 30.7. The highest BCUT2D eigenvalue weighted by atomic mass is 19.1. The van der Waals surface area contributed by atoms with Gasteiger partial charge in [0.05, 0.1) is 38.3 Å². The molecule has 2 aromatic carbocycles. The molecule has 1 aromatic heterocycles. The van der Waals surface area contributed by atoms with Gasteiger partial charge in [-0.3, -0.25) is 4.79 Å². The quantitative estimate of drug-likeness (QED) is 0.404. The number of hydrogen-bond acceptors (Lipinski definition) is 6. The van der Waals surface area contributed by atoms with Crippen molar-refractivity contribution in [3.05, 3.63) is 58.7 Å². The van der Waals surface area contributed by atoms with Crippen LogP contribution in [0.3, 0.4) is 0 Å². The van der Waals surface area contributed by atoms with E-state index in [0.29, 0.717) is 30.9 Å². The molecule has 9 heteroatoms. The minimum Gasteiger partial charge on any atom is -0.496 e. The molecular weight excluding hydrogens is 477 g/mol. The number of halogens is 1. The predicted octanol–water partition coefficient (Wildman–Crippen LogP) is 5.27. The van der Waals surface area contributed by atoms with E-state index in [2.05, 4.69) is 16.7 Å². The molecule has 2 aliphatic rings. The molecule has 0 radical (unpaired) electrons. The van der Waals surface area contributed by atoms with Crippen molar-refractivity contribution in [1.82, 2.24) is 14.5 Å². The van der Waals surface area contributed by atoms with Crippen molar-refractivity contribution in [3.8, 4) is 5.75 Å². The largest absolute Gasteiger partial charge is 0.496 e. The maximum absolute atomic E-state index is 14.2. The van der Waals surface area contributed by atoms with E-state index in [4.69, 9.17) is 19.2 Å². The van der Waals surface area contributed by atoms with Gasteiger partial charge in [0.2, 0.25) is 0 Å². The molecule has 1 saturated carbocycles. The number of nitrogens with zero attached hydrogens (tertiary/aromatic N) is 3. The average Bonchev–Trinajstić information content (AvgIpc) is 3.31. The molecule has 5 rings (SSSR count). The SMILES string of the molecule is COC(=O)N1CCc2ccc3c(nc(C4CCCCC4)n3C[C@@H](OC=O)c3cc(F)ccc3OC)c2C1. The van der Waals surface area contributed by atoms with Crippen LogP contribution in [-0.2, 0) is 33.8 Å². The molecule has 1 aliphatic carbocycles. The van der Waals surface area contributed by atoms with Crippen LogP contribution < -0.4 is 4.74 Å². The van der Waals surface area contributed by atoms with Gasteiger partial charge in [-0.25, -0.2) is 14.2 Å². The van der Waals surface area contributed by atoms with Crippen molar-refractivity contribution in [2.24, 2.45) is 0 Å². The molecule has 1 aliphatic heterocycles. The highest BCUT2D eigenvalue weighted by molar-refractivity contribution is 5.82. The van der Waals surface area contributed by atoms with Crippen molar-refractivity contribution in [3.63, 3.8) is 0 Å². The van der Waals surface area contributed by atoms with Crippen LogP contribution in [0.2, 0.25) is 0 Å². The Kier molecular flexibility index (Phi) is 7.30. The van der Waals surface area contributed by atoms with E-state index < -0.39 is 11.9 Å². The van der Waals surface area contributed by atoms with Gasteiger partial charge in [-0.1, -0.05) is 25.3 Å². The third kappa shape index (κ3) is 4.86. The Bertz CT molecular complexity index is 1300. The summed E-state index contributed by atoms with van der Waals surface area (Å²) in [6.07, 6.45) is 5.13. The first-order valence-corrected chi connectivity index (χ1v) is 12.8. The lowest BCUT2D eigenvalue weighted by molar-refractivity contribution is -0.134. The van der Waals surface area contributed by atoms with Crippen molar-refractivity contribution < 1.29 is 28.2 Å². The van der Waals surface area contributed by atoms with Crippen LogP contribution in [0.4, 0.5) is 9.18 Å². The van der Waals surface area contributed by atoms with E-state index >= 15 is 0 Å². The molecule has 2 heterocycles. The average molecular weight is 510 g/mol. The Balaban J connectivity index is 1.63. The fourth-order valence-corrected chi connectivity index (χ4v) is 5.80. The molecule has 0 N–H and O–H groups in total. The van der Waals surface area contributed by atoms with Gasteiger partial charge in [-0.15, -0.1) is 0 Å². The number of rotatable bonds is 7. The Morgan fingerprint density at radius 1 is 1.19 bits per heavy atom. The maximum Gasteiger partial charge on any atom is 0.409 e. The fourth-order valence-electron chi connectivity index (χ4n) is 5.80. The van der Waals surface area contributed by atoms with E-state index in [1.165, 1.54) is 44.4 Å². The summed E-state index contributed by atoms with van der Waals surface area (Å²) < 4.78 is 32.3. The number of benzene rings is 2. The molecule has 0 bridgehead atoms. The van der Waals surface area contributed by atoms with Crippen LogP contribution in [0.15, 0.2) is 30.3 Å². The Labute approximate surface area is 215 Å².